The second-order valence-electron chi connectivity index (χ2n) is 6.72. The molecule has 1 fully saturated rings. The molecule has 0 N–H and O–H groups in total. The molecule has 1 saturated heterocycles. The summed E-state index contributed by atoms with van der Waals surface area (Å²) in [5, 5.41) is 0. The third-order valence-corrected chi connectivity index (χ3v) is 4.91. The van der Waals surface area contributed by atoms with Crippen molar-refractivity contribution in [2.45, 2.75) is 65.1 Å². The molecule has 0 saturated carbocycles. The molecule has 0 amide bonds. The highest BCUT2D eigenvalue weighted by molar-refractivity contribution is 6.00. The van der Waals surface area contributed by atoms with Crippen LogP contribution in [0.3, 0.4) is 0 Å². The van der Waals surface area contributed by atoms with Crippen LogP contribution in [0.4, 0.5) is 4.39 Å². The summed E-state index contributed by atoms with van der Waals surface area (Å²) in [5.41, 5.74) is 2.46. The van der Waals surface area contributed by atoms with Gasteiger partial charge in [0.05, 0.1) is 6.04 Å². The van der Waals surface area contributed by atoms with Gasteiger partial charge in [-0.25, -0.2) is 9.38 Å². The van der Waals surface area contributed by atoms with Gasteiger partial charge in [-0.1, -0.05) is 50.6 Å². The monoisotopic (exact) mass is 344 g/mol. The number of unbranched alkanes of at least 4 members (excludes halogenated alkanes) is 1. The van der Waals surface area contributed by atoms with Crippen LogP contribution in [-0.2, 0) is 4.79 Å². The Morgan fingerprint density at radius 1 is 1.28 bits per heavy atom. The summed E-state index contributed by atoms with van der Waals surface area (Å²) in [6, 6.07) is 9.87. The van der Waals surface area contributed by atoms with Crippen molar-refractivity contribution in [1.82, 2.24) is 4.90 Å². The molecule has 3 nitrogen and oxygen atoms in total. The maximum Gasteiger partial charge on any atom is 0.181 e. The molecule has 1 aromatic rings. The van der Waals surface area contributed by atoms with Crippen LogP contribution in [0, 0.1) is 0 Å². The molecule has 0 aromatic heterocycles. The predicted molar refractivity (Wildman–Crippen MR) is 101 cm³/mol. The quantitative estimate of drug-likeness (QED) is 0.633. The Labute approximate surface area is 150 Å². The Balaban J connectivity index is 2.31. The first-order chi connectivity index (χ1) is 12.0. The van der Waals surface area contributed by atoms with Gasteiger partial charge in [-0.15, -0.1) is 0 Å². The van der Waals surface area contributed by atoms with E-state index in [1.165, 1.54) is 0 Å². The fraction of sp³-hybridized carbons (Fsp3) is 0.524. The van der Waals surface area contributed by atoms with Gasteiger partial charge in [0.1, 0.15) is 11.5 Å². The number of hydrogen-bond donors (Lipinski definition) is 0. The van der Waals surface area contributed by atoms with E-state index in [0.29, 0.717) is 24.4 Å². The van der Waals surface area contributed by atoms with E-state index < -0.39 is 6.17 Å². The Bertz CT molecular complexity index is 651. The highest BCUT2D eigenvalue weighted by atomic mass is 19.1. The van der Waals surface area contributed by atoms with Crippen LogP contribution in [0.15, 0.2) is 46.6 Å². The molecule has 1 aliphatic heterocycles. The molecule has 1 aliphatic rings. The van der Waals surface area contributed by atoms with Crippen LogP contribution in [0.2, 0.25) is 0 Å². The summed E-state index contributed by atoms with van der Waals surface area (Å²) in [6.07, 6.45) is 2.25. The number of benzene rings is 1. The molecule has 2 unspecified atom stereocenters. The molecule has 0 bridgehead atoms. The maximum absolute atomic E-state index is 14.7. The van der Waals surface area contributed by atoms with E-state index in [1.807, 2.05) is 56.1 Å². The molecule has 136 valence electrons. The highest BCUT2D eigenvalue weighted by Crippen LogP contribution is 2.34. The Morgan fingerprint density at radius 3 is 2.56 bits per heavy atom. The number of ketones is 1. The van der Waals surface area contributed by atoms with E-state index >= 15 is 0 Å². The van der Waals surface area contributed by atoms with Gasteiger partial charge in [0.15, 0.2) is 12.0 Å². The van der Waals surface area contributed by atoms with E-state index in [0.717, 1.165) is 30.4 Å². The molecule has 2 atom stereocenters. The lowest BCUT2D eigenvalue weighted by molar-refractivity contribution is -0.115. The predicted octanol–water partition coefficient (Wildman–Crippen LogP) is 5.24. The first-order valence-corrected chi connectivity index (χ1v) is 9.22. The number of aliphatic imine (C=N–C) groups is 1. The molecule has 1 aromatic carbocycles. The second kappa shape index (κ2) is 8.93. The zero-order valence-corrected chi connectivity index (χ0v) is 15.8. The molecule has 25 heavy (non-hydrogen) atoms. The minimum Gasteiger partial charge on any atom is -0.353 e. The van der Waals surface area contributed by atoms with Gasteiger partial charge in [-0.05, 0) is 30.9 Å². The lowest BCUT2D eigenvalue weighted by Gasteiger charge is -2.22. The van der Waals surface area contributed by atoms with E-state index in [9.17, 15) is 9.18 Å². The fourth-order valence-corrected chi connectivity index (χ4v) is 3.16. The number of allylic oxidation sites excluding steroid dienone is 2. The second-order valence-corrected chi connectivity index (χ2v) is 6.72. The molecule has 0 spiro atoms. The molecule has 1 heterocycles. The van der Waals surface area contributed by atoms with Gasteiger partial charge in [-0.2, -0.15) is 0 Å². The number of rotatable bonds is 7. The van der Waals surface area contributed by atoms with E-state index in [4.69, 9.17) is 0 Å². The molecular formula is C21H29FN2O. The number of alkyl halides is 1. The smallest absolute Gasteiger partial charge is 0.181 e. The minimum absolute atomic E-state index is 0.0254. The van der Waals surface area contributed by atoms with Crippen molar-refractivity contribution in [2.24, 2.45) is 4.99 Å². The van der Waals surface area contributed by atoms with Crippen molar-refractivity contribution in [1.29, 1.82) is 0 Å². The summed E-state index contributed by atoms with van der Waals surface area (Å²) in [5.74, 6) is 0.402. The third-order valence-electron chi connectivity index (χ3n) is 4.91. The van der Waals surface area contributed by atoms with Gasteiger partial charge in [0, 0.05) is 19.9 Å². The van der Waals surface area contributed by atoms with E-state index in [2.05, 4.69) is 11.9 Å². The highest BCUT2D eigenvalue weighted by Gasteiger charge is 2.36. The van der Waals surface area contributed by atoms with Gasteiger partial charge in [-0.3, -0.25) is 4.79 Å². The van der Waals surface area contributed by atoms with Crippen LogP contribution in [-0.4, -0.2) is 29.7 Å². The summed E-state index contributed by atoms with van der Waals surface area (Å²) < 4.78 is 14.7. The molecule has 0 aliphatic carbocycles. The average molecular weight is 344 g/mol. The fourth-order valence-electron chi connectivity index (χ4n) is 3.16. The van der Waals surface area contributed by atoms with Crippen LogP contribution in [0.1, 0.15) is 64.5 Å². The third kappa shape index (κ3) is 4.56. The van der Waals surface area contributed by atoms with Crippen LogP contribution in [0.5, 0.6) is 0 Å². The first kappa shape index (κ1) is 19.4. The number of hydrogen-bond acceptors (Lipinski definition) is 2. The zero-order chi connectivity index (χ0) is 18.4. The molecule has 2 rings (SSSR count). The number of likely N-dealkylation sites (tertiary alicyclic amines) is 1. The van der Waals surface area contributed by atoms with Crippen molar-refractivity contribution in [2.75, 3.05) is 7.05 Å². The van der Waals surface area contributed by atoms with Gasteiger partial charge in [0.2, 0.25) is 0 Å². The summed E-state index contributed by atoms with van der Waals surface area (Å²) in [6.45, 7) is 5.98. The van der Waals surface area contributed by atoms with E-state index in [-0.39, 0.29) is 11.8 Å². The largest absolute Gasteiger partial charge is 0.353 e. The Morgan fingerprint density at radius 2 is 1.96 bits per heavy atom. The first-order valence-electron chi connectivity index (χ1n) is 9.22. The topological polar surface area (TPSA) is 32.7 Å². The van der Waals surface area contributed by atoms with Crippen molar-refractivity contribution in [3.63, 3.8) is 0 Å². The number of Topliss-reactive ketones (excluding diaryl/α,β-unsaturated/α-hetero) is 1. The summed E-state index contributed by atoms with van der Waals surface area (Å²) in [7, 11) is 1.87. The minimum atomic E-state index is -1.14. The van der Waals surface area contributed by atoms with Crippen molar-refractivity contribution in [3.8, 4) is 0 Å². The summed E-state index contributed by atoms with van der Waals surface area (Å²) in [4.78, 5) is 19.0. The van der Waals surface area contributed by atoms with Crippen LogP contribution in [0.25, 0.3) is 0 Å². The van der Waals surface area contributed by atoms with Gasteiger partial charge in [0.25, 0.3) is 0 Å². The number of nitrogens with zero attached hydrogens (tertiary/aromatic N) is 2. The van der Waals surface area contributed by atoms with Crippen molar-refractivity contribution in [3.05, 3.63) is 47.2 Å². The standard InChI is InChI=1S/C21H29FN2O/c1-5-7-13-19(25)20(15(3)6-2)23-21-17(22)14-18(24(21)4)16-11-9-8-10-12-16/h8-12,17-18H,5-7,13-14H2,1-4H3. The number of carbonyl (C=O) groups excluding carboxylic acids is 1. The number of amidine groups is 1. The molecular weight excluding hydrogens is 315 g/mol. The van der Waals surface area contributed by atoms with Crippen molar-refractivity contribution >= 4 is 11.6 Å². The zero-order valence-electron chi connectivity index (χ0n) is 15.8. The van der Waals surface area contributed by atoms with E-state index in [1.54, 1.807) is 0 Å². The van der Waals surface area contributed by atoms with Crippen LogP contribution >= 0.6 is 0 Å². The lowest BCUT2D eigenvalue weighted by Crippen LogP contribution is -2.27. The average Bonchev–Trinajstić information content (AvgIpc) is 2.91. The number of halogens is 1. The number of carbonyl (C=O) groups is 1. The SMILES string of the molecule is CCCCC(=O)C(N=C1C(F)CC(c2ccccc2)N1C)=C(C)CC. The van der Waals surface area contributed by atoms with Crippen molar-refractivity contribution < 1.29 is 9.18 Å². The lowest BCUT2D eigenvalue weighted by atomic mass is 10.0. The molecule has 0 radical (unpaired) electrons. The molecule has 4 heteroatoms. The maximum atomic E-state index is 14.7. The Hall–Kier alpha value is -1.97. The van der Waals surface area contributed by atoms with Gasteiger partial charge >= 0.3 is 0 Å². The normalized spacial score (nSPS) is 23.1. The van der Waals surface area contributed by atoms with Crippen LogP contribution < -0.4 is 0 Å². The summed E-state index contributed by atoms with van der Waals surface area (Å²) >= 11 is 0. The van der Waals surface area contributed by atoms with Gasteiger partial charge < -0.3 is 4.90 Å². The Kier molecular flexibility index (Phi) is 6.91.